The molecule has 2 fully saturated rings. The van der Waals surface area contributed by atoms with E-state index in [0.717, 1.165) is 16.9 Å². The molecule has 1 aliphatic carbocycles. The zero-order chi connectivity index (χ0) is 18.4. The van der Waals surface area contributed by atoms with Crippen LogP contribution in [0.15, 0.2) is 30.3 Å². The fourth-order valence-electron chi connectivity index (χ4n) is 3.52. The van der Waals surface area contributed by atoms with Crippen LogP contribution in [0.2, 0.25) is 0 Å². The molecule has 1 unspecified atom stereocenters. The van der Waals surface area contributed by atoms with E-state index in [1.165, 1.54) is 32.1 Å². The molecule has 1 saturated carbocycles. The molecule has 0 spiro atoms. The number of likely N-dealkylation sites (tertiary alicyclic amines) is 1. The van der Waals surface area contributed by atoms with Crippen LogP contribution in [0.3, 0.4) is 0 Å². The van der Waals surface area contributed by atoms with Gasteiger partial charge in [-0.05, 0) is 17.9 Å². The number of ether oxygens (including phenoxy) is 2. The molecule has 2 amide bonds. The number of amides is 2. The molecule has 1 aliphatic heterocycles. The summed E-state index contributed by atoms with van der Waals surface area (Å²) in [5.74, 6) is -0.373. The molecule has 26 heavy (non-hydrogen) atoms. The highest BCUT2D eigenvalue weighted by atomic mass is 16.6. The van der Waals surface area contributed by atoms with Gasteiger partial charge in [-0.25, -0.2) is 14.5 Å². The summed E-state index contributed by atoms with van der Waals surface area (Å²) in [6.45, 7) is 0.411. The topological polar surface area (TPSA) is 72.9 Å². The third-order valence-electron chi connectivity index (χ3n) is 5.12. The van der Waals surface area contributed by atoms with Gasteiger partial charge in [0.1, 0.15) is 12.6 Å². The van der Waals surface area contributed by atoms with Gasteiger partial charge in [0.05, 0.1) is 13.0 Å². The van der Waals surface area contributed by atoms with Crippen LogP contribution in [-0.2, 0) is 25.7 Å². The molecule has 1 atom stereocenters. The van der Waals surface area contributed by atoms with Crippen LogP contribution in [0.1, 0.15) is 50.5 Å². The number of imide groups is 1. The molecule has 6 heteroatoms. The highest BCUT2D eigenvalue weighted by Crippen LogP contribution is 2.27. The SMILES string of the molecule is O=C(OCc1ccccc1)C1CC(=O)N1C(=O)OCCC1CCCCC1. The Morgan fingerprint density at radius 1 is 1.04 bits per heavy atom. The van der Waals surface area contributed by atoms with Crippen molar-refractivity contribution < 1.29 is 23.9 Å². The first kappa shape index (κ1) is 18.4. The standard InChI is InChI=1S/C20H25NO5/c22-18-13-17(19(23)26-14-16-9-5-2-6-10-16)21(18)20(24)25-12-11-15-7-3-1-4-8-15/h2,5-6,9-10,15,17H,1,3-4,7-8,11-14H2. The number of nitrogens with zero attached hydrogens (tertiary/aromatic N) is 1. The first-order valence-electron chi connectivity index (χ1n) is 9.34. The number of hydrogen-bond donors (Lipinski definition) is 0. The quantitative estimate of drug-likeness (QED) is 0.575. The van der Waals surface area contributed by atoms with Crippen molar-refractivity contribution in [3.8, 4) is 0 Å². The predicted octanol–water partition coefficient (Wildman–Crippen LogP) is 3.44. The molecule has 0 bridgehead atoms. The van der Waals surface area contributed by atoms with Crippen molar-refractivity contribution in [2.24, 2.45) is 5.92 Å². The van der Waals surface area contributed by atoms with Gasteiger partial charge in [-0.3, -0.25) is 4.79 Å². The first-order valence-corrected chi connectivity index (χ1v) is 9.34. The van der Waals surface area contributed by atoms with Crippen LogP contribution in [0.25, 0.3) is 0 Å². The van der Waals surface area contributed by atoms with E-state index < -0.39 is 24.0 Å². The van der Waals surface area contributed by atoms with E-state index in [2.05, 4.69) is 0 Å². The maximum Gasteiger partial charge on any atom is 0.417 e. The summed E-state index contributed by atoms with van der Waals surface area (Å²) in [6, 6.07) is 8.40. The van der Waals surface area contributed by atoms with Crippen molar-refractivity contribution in [2.75, 3.05) is 6.61 Å². The number of esters is 1. The van der Waals surface area contributed by atoms with Gasteiger partial charge in [-0.1, -0.05) is 62.4 Å². The monoisotopic (exact) mass is 359 g/mol. The number of benzene rings is 1. The molecule has 1 saturated heterocycles. The normalized spacial score (nSPS) is 20.4. The van der Waals surface area contributed by atoms with E-state index in [4.69, 9.17) is 9.47 Å². The predicted molar refractivity (Wildman–Crippen MR) is 94.0 cm³/mol. The van der Waals surface area contributed by atoms with E-state index >= 15 is 0 Å². The highest BCUT2D eigenvalue weighted by Gasteiger charge is 2.47. The minimum Gasteiger partial charge on any atom is -0.459 e. The van der Waals surface area contributed by atoms with Gasteiger partial charge in [-0.2, -0.15) is 0 Å². The summed E-state index contributed by atoms with van der Waals surface area (Å²) in [5.41, 5.74) is 0.855. The van der Waals surface area contributed by atoms with Crippen LogP contribution in [0.4, 0.5) is 4.79 Å². The van der Waals surface area contributed by atoms with Gasteiger partial charge in [0, 0.05) is 0 Å². The third kappa shape index (κ3) is 4.62. The molecule has 3 rings (SSSR count). The van der Waals surface area contributed by atoms with Crippen LogP contribution in [-0.4, -0.2) is 35.5 Å². The van der Waals surface area contributed by atoms with Crippen LogP contribution in [0.5, 0.6) is 0 Å². The second-order valence-electron chi connectivity index (χ2n) is 6.98. The number of hydrogen-bond acceptors (Lipinski definition) is 5. The molecule has 6 nitrogen and oxygen atoms in total. The Hall–Kier alpha value is -2.37. The highest BCUT2D eigenvalue weighted by molar-refractivity contribution is 6.04. The largest absolute Gasteiger partial charge is 0.459 e. The Morgan fingerprint density at radius 3 is 2.46 bits per heavy atom. The van der Waals surface area contributed by atoms with E-state index in [-0.39, 0.29) is 13.0 Å². The van der Waals surface area contributed by atoms with Crippen molar-refractivity contribution in [3.05, 3.63) is 35.9 Å². The lowest BCUT2D eigenvalue weighted by atomic mass is 9.87. The average Bonchev–Trinajstić information content (AvgIpc) is 2.65. The smallest absolute Gasteiger partial charge is 0.417 e. The van der Waals surface area contributed by atoms with Gasteiger partial charge in [0.15, 0.2) is 0 Å². The van der Waals surface area contributed by atoms with Crippen molar-refractivity contribution in [1.29, 1.82) is 0 Å². The Morgan fingerprint density at radius 2 is 1.77 bits per heavy atom. The molecule has 0 radical (unpaired) electrons. The fraction of sp³-hybridized carbons (Fsp3) is 0.550. The molecule has 1 aromatic carbocycles. The zero-order valence-corrected chi connectivity index (χ0v) is 14.9. The minimum absolute atomic E-state index is 0.00858. The second kappa shape index (κ2) is 8.83. The Bertz CT molecular complexity index is 639. The Kier molecular flexibility index (Phi) is 6.26. The fourth-order valence-corrected chi connectivity index (χ4v) is 3.52. The van der Waals surface area contributed by atoms with E-state index in [9.17, 15) is 14.4 Å². The lowest BCUT2D eigenvalue weighted by molar-refractivity contribution is -0.164. The Balaban J connectivity index is 1.43. The molecule has 1 aromatic rings. The van der Waals surface area contributed by atoms with Crippen LogP contribution >= 0.6 is 0 Å². The molecule has 0 aromatic heterocycles. The summed E-state index contributed by atoms with van der Waals surface area (Å²) in [6.07, 6.45) is 6.17. The molecule has 1 heterocycles. The van der Waals surface area contributed by atoms with Crippen molar-refractivity contribution in [2.45, 2.75) is 57.6 Å². The molecule has 140 valence electrons. The van der Waals surface area contributed by atoms with Gasteiger partial charge in [0.25, 0.3) is 0 Å². The maximum atomic E-state index is 12.2. The van der Waals surface area contributed by atoms with E-state index in [0.29, 0.717) is 12.5 Å². The van der Waals surface area contributed by atoms with Gasteiger partial charge < -0.3 is 9.47 Å². The van der Waals surface area contributed by atoms with Gasteiger partial charge in [0.2, 0.25) is 5.91 Å². The zero-order valence-electron chi connectivity index (χ0n) is 14.9. The van der Waals surface area contributed by atoms with E-state index in [1.807, 2.05) is 30.3 Å². The second-order valence-corrected chi connectivity index (χ2v) is 6.98. The average molecular weight is 359 g/mol. The summed E-state index contributed by atoms with van der Waals surface area (Å²) in [5, 5.41) is 0. The summed E-state index contributed by atoms with van der Waals surface area (Å²) < 4.78 is 10.4. The number of carbonyl (C=O) groups excluding carboxylic acids is 3. The van der Waals surface area contributed by atoms with Gasteiger partial charge in [-0.15, -0.1) is 0 Å². The third-order valence-corrected chi connectivity index (χ3v) is 5.12. The number of β-lactam (4-membered cyclic amide) rings is 1. The van der Waals surface area contributed by atoms with Crippen molar-refractivity contribution in [1.82, 2.24) is 4.90 Å². The lowest BCUT2D eigenvalue weighted by Gasteiger charge is -2.35. The summed E-state index contributed by atoms with van der Waals surface area (Å²) in [7, 11) is 0. The minimum atomic E-state index is -0.867. The molecular weight excluding hydrogens is 334 g/mol. The summed E-state index contributed by atoms with van der Waals surface area (Å²) >= 11 is 0. The number of rotatable bonds is 6. The molecule has 2 aliphatic rings. The molecular formula is C20H25NO5. The van der Waals surface area contributed by atoms with Crippen LogP contribution in [0, 0.1) is 5.92 Å². The van der Waals surface area contributed by atoms with E-state index in [1.54, 1.807) is 0 Å². The molecule has 0 N–H and O–H groups in total. The lowest BCUT2D eigenvalue weighted by Crippen LogP contribution is -2.59. The number of carbonyl (C=O) groups is 3. The Labute approximate surface area is 153 Å². The first-order chi connectivity index (χ1) is 12.6. The van der Waals surface area contributed by atoms with Gasteiger partial charge >= 0.3 is 12.1 Å². The summed E-state index contributed by atoms with van der Waals surface area (Å²) in [4.78, 5) is 36.9. The maximum absolute atomic E-state index is 12.2. The van der Waals surface area contributed by atoms with Crippen molar-refractivity contribution >= 4 is 18.0 Å². The van der Waals surface area contributed by atoms with Crippen molar-refractivity contribution in [3.63, 3.8) is 0 Å². The van der Waals surface area contributed by atoms with Crippen LogP contribution < -0.4 is 0 Å².